The van der Waals surface area contributed by atoms with Crippen molar-refractivity contribution in [3.63, 3.8) is 0 Å². The lowest BCUT2D eigenvalue weighted by atomic mass is 9.96. The first-order chi connectivity index (χ1) is 9.29. The van der Waals surface area contributed by atoms with Gasteiger partial charge in [0.25, 0.3) is 0 Å². The maximum Gasteiger partial charge on any atom is 0.225 e. The molecule has 2 amide bonds. The summed E-state index contributed by atoms with van der Waals surface area (Å²) in [5, 5.41) is 5.54. The van der Waals surface area contributed by atoms with Crippen LogP contribution in [0.1, 0.15) is 39.2 Å². The SMILES string of the molecule is Cc1ccc(NC(=O)CCCNC(=O)C(C)(C)C)nc1. The van der Waals surface area contributed by atoms with Crippen molar-refractivity contribution in [3.8, 4) is 0 Å². The van der Waals surface area contributed by atoms with Gasteiger partial charge in [0.05, 0.1) is 0 Å². The van der Waals surface area contributed by atoms with Crippen molar-refractivity contribution < 1.29 is 9.59 Å². The molecule has 0 unspecified atom stereocenters. The number of aryl methyl sites for hydroxylation is 1. The van der Waals surface area contributed by atoms with Gasteiger partial charge in [0, 0.05) is 24.6 Å². The molecule has 0 fully saturated rings. The van der Waals surface area contributed by atoms with Gasteiger partial charge in [0.15, 0.2) is 0 Å². The molecule has 0 saturated carbocycles. The van der Waals surface area contributed by atoms with E-state index in [4.69, 9.17) is 0 Å². The van der Waals surface area contributed by atoms with Gasteiger partial charge in [0.1, 0.15) is 5.82 Å². The minimum Gasteiger partial charge on any atom is -0.356 e. The summed E-state index contributed by atoms with van der Waals surface area (Å²) in [4.78, 5) is 27.4. The number of rotatable bonds is 5. The Bertz CT molecular complexity index is 461. The molecule has 0 aromatic carbocycles. The van der Waals surface area contributed by atoms with Gasteiger partial charge in [0.2, 0.25) is 11.8 Å². The number of carbonyl (C=O) groups excluding carboxylic acids is 2. The van der Waals surface area contributed by atoms with Gasteiger partial charge in [-0.25, -0.2) is 4.98 Å². The highest BCUT2D eigenvalue weighted by molar-refractivity contribution is 5.89. The lowest BCUT2D eigenvalue weighted by Crippen LogP contribution is -2.35. The monoisotopic (exact) mass is 277 g/mol. The topological polar surface area (TPSA) is 71.1 Å². The fourth-order valence-corrected chi connectivity index (χ4v) is 1.46. The van der Waals surface area contributed by atoms with Crippen molar-refractivity contribution in [2.45, 2.75) is 40.5 Å². The fraction of sp³-hybridized carbons (Fsp3) is 0.533. The molecule has 0 spiro atoms. The second-order valence-corrected chi connectivity index (χ2v) is 5.88. The van der Waals surface area contributed by atoms with Crippen molar-refractivity contribution in [3.05, 3.63) is 23.9 Å². The normalized spacial score (nSPS) is 11.0. The van der Waals surface area contributed by atoms with Crippen LogP contribution in [0.3, 0.4) is 0 Å². The van der Waals surface area contributed by atoms with E-state index >= 15 is 0 Å². The molecule has 5 heteroatoms. The molecule has 0 radical (unpaired) electrons. The minimum absolute atomic E-state index is 0.00175. The molecule has 110 valence electrons. The third-order valence-corrected chi connectivity index (χ3v) is 2.73. The highest BCUT2D eigenvalue weighted by Gasteiger charge is 2.20. The number of pyridine rings is 1. The zero-order valence-corrected chi connectivity index (χ0v) is 12.6. The van der Waals surface area contributed by atoms with Crippen molar-refractivity contribution in [1.82, 2.24) is 10.3 Å². The van der Waals surface area contributed by atoms with Crippen molar-refractivity contribution >= 4 is 17.6 Å². The van der Waals surface area contributed by atoms with E-state index < -0.39 is 5.41 Å². The number of anilines is 1. The fourth-order valence-electron chi connectivity index (χ4n) is 1.46. The molecule has 0 aliphatic carbocycles. The van der Waals surface area contributed by atoms with Crippen LogP contribution in [-0.2, 0) is 9.59 Å². The predicted molar refractivity (Wildman–Crippen MR) is 79.3 cm³/mol. The summed E-state index contributed by atoms with van der Waals surface area (Å²) in [5.74, 6) is 0.462. The minimum atomic E-state index is -0.395. The van der Waals surface area contributed by atoms with Gasteiger partial charge in [-0.05, 0) is 25.0 Å². The van der Waals surface area contributed by atoms with Gasteiger partial charge in [-0.15, -0.1) is 0 Å². The highest BCUT2D eigenvalue weighted by atomic mass is 16.2. The van der Waals surface area contributed by atoms with E-state index in [1.807, 2.05) is 33.8 Å². The molecule has 1 aromatic rings. The van der Waals surface area contributed by atoms with E-state index in [0.29, 0.717) is 25.2 Å². The summed E-state index contributed by atoms with van der Waals surface area (Å²) >= 11 is 0. The van der Waals surface area contributed by atoms with Crippen molar-refractivity contribution in [1.29, 1.82) is 0 Å². The van der Waals surface area contributed by atoms with Crippen LogP contribution in [0.4, 0.5) is 5.82 Å². The van der Waals surface area contributed by atoms with E-state index in [0.717, 1.165) is 5.56 Å². The molecule has 0 bridgehead atoms. The summed E-state index contributed by atoms with van der Waals surface area (Å²) in [6.45, 7) is 8.02. The van der Waals surface area contributed by atoms with Crippen LogP contribution in [0.2, 0.25) is 0 Å². The van der Waals surface area contributed by atoms with Crippen molar-refractivity contribution in [2.75, 3.05) is 11.9 Å². The van der Waals surface area contributed by atoms with Gasteiger partial charge < -0.3 is 10.6 Å². The Balaban J connectivity index is 2.24. The van der Waals surface area contributed by atoms with Crippen molar-refractivity contribution in [2.24, 2.45) is 5.41 Å². The maximum absolute atomic E-state index is 11.7. The third kappa shape index (κ3) is 5.82. The first-order valence-corrected chi connectivity index (χ1v) is 6.80. The molecule has 1 heterocycles. The average molecular weight is 277 g/mol. The second-order valence-electron chi connectivity index (χ2n) is 5.88. The predicted octanol–water partition coefficient (Wildman–Crippen LogP) is 2.27. The van der Waals surface area contributed by atoms with E-state index in [2.05, 4.69) is 15.6 Å². The summed E-state index contributed by atoms with van der Waals surface area (Å²) in [6, 6.07) is 3.67. The van der Waals surface area contributed by atoms with Gasteiger partial charge in [-0.1, -0.05) is 26.8 Å². The van der Waals surface area contributed by atoms with Crippen LogP contribution in [-0.4, -0.2) is 23.3 Å². The third-order valence-electron chi connectivity index (χ3n) is 2.73. The summed E-state index contributed by atoms with van der Waals surface area (Å²) in [5.41, 5.74) is 0.654. The lowest BCUT2D eigenvalue weighted by Gasteiger charge is -2.17. The molecule has 20 heavy (non-hydrogen) atoms. The lowest BCUT2D eigenvalue weighted by molar-refractivity contribution is -0.128. The zero-order valence-electron chi connectivity index (χ0n) is 12.6. The molecular weight excluding hydrogens is 254 g/mol. The molecule has 0 aliphatic heterocycles. The number of carbonyl (C=O) groups is 2. The number of nitrogens with zero attached hydrogens (tertiary/aromatic N) is 1. The molecular formula is C15H23N3O2. The standard InChI is InChI=1S/C15H23N3O2/c1-11-7-8-12(17-10-11)18-13(19)6-5-9-16-14(20)15(2,3)4/h7-8,10H,5-6,9H2,1-4H3,(H,16,20)(H,17,18,19). The molecule has 0 atom stereocenters. The Labute approximate surface area is 120 Å². The van der Waals surface area contributed by atoms with E-state index in [1.54, 1.807) is 12.3 Å². The van der Waals surface area contributed by atoms with Crippen LogP contribution in [0, 0.1) is 12.3 Å². The average Bonchev–Trinajstić information content (AvgIpc) is 2.36. The van der Waals surface area contributed by atoms with Gasteiger partial charge in [-0.3, -0.25) is 9.59 Å². The smallest absolute Gasteiger partial charge is 0.225 e. The Morgan fingerprint density at radius 1 is 1.25 bits per heavy atom. The zero-order chi connectivity index (χ0) is 15.2. The number of hydrogen-bond donors (Lipinski definition) is 2. The quantitative estimate of drug-likeness (QED) is 0.811. The van der Waals surface area contributed by atoms with Gasteiger partial charge >= 0.3 is 0 Å². The number of hydrogen-bond acceptors (Lipinski definition) is 3. The van der Waals surface area contributed by atoms with E-state index in [9.17, 15) is 9.59 Å². The van der Waals surface area contributed by atoms with Crippen LogP contribution in [0.15, 0.2) is 18.3 Å². The number of amides is 2. The second kappa shape index (κ2) is 7.03. The Kier molecular flexibility index (Phi) is 5.67. The van der Waals surface area contributed by atoms with Crippen LogP contribution < -0.4 is 10.6 Å². The molecule has 1 aromatic heterocycles. The summed E-state index contributed by atoms with van der Waals surface area (Å²) in [6.07, 6.45) is 2.68. The summed E-state index contributed by atoms with van der Waals surface area (Å²) in [7, 11) is 0. The highest BCUT2D eigenvalue weighted by Crippen LogP contribution is 2.12. The largest absolute Gasteiger partial charge is 0.356 e. The Morgan fingerprint density at radius 2 is 1.95 bits per heavy atom. The first-order valence-electron chi connectivity index (χ1n) is 6.80. The van der Waals surface area contributed by atoms with Crippen LogP contribution >= 0.6 is 0 Å². The molecule has 0 saturated heterocycles. The molecule has 0 aliphatic rings. The molecule has 5 nitrogen and oxygen atoms in total. The summed E-state index contributed by atoms with van der Waals surface area (Å²) < 4.78 is 0. The van der Waals surface area contributed by atoms with E-state index in [1.165, 1.54) is 0 Å². The van der Waals surface area contributed by atoms with Crippen LogP contribution in [0.5, 0.6) is 0 Å². The van der Waals surface area contributed by atoms with Gasteiger partial charge in [-0.2, -0.15) is 0 Å². The first kappa shape index (κ1) is 16.1. The number of aromatic nitrogens is 1. The molecule has 1 rings (SSSR count). The number of nitrogens with one attached hydrogen (secondary N) is 2. The molecule has 2 N–H and O–H groups in total. The maximum atomic E-state index is 11.7. The Hall–Kier alpha value is -1.91. The Morgan fingerprint density at radius 3 is 2.50 bits per heavy atom. The van der Waals surface area contributed by atoms with E-state index in [-0.39, 0.29) is 11.8 Å². The van der Waals surface area contributed by atoms with Crippen LogP contribution in [0.25, 0.3) is 0 Å².